The van der Waals surface area contributed by atoms with E-state index in [9.17, 15) is 13.2 Å². The molecule has 0 spiro atoms. The second-order valence-electron chi connectivity index (χ2n) is 6.10. The Hall–Kier alpha value is -1.60. The minimum Gasteiger partial charge on any atom is -0.482 e. The molecule has 1 aliphatic rings. The van der Waals surface area contributed by atoms with Crippen molar-refractivity contribution in [2.24, 2.45) is 0 Å². The van der Waals surface area contributed by atoms with Gasteiger partial charge in [-0.1, -0.05) is 25.7 Å². The van der Waals surface area contributed by atoms with Crippen LogP contribution in [0.4, 0.5) is 0 Å². The van der Waals surface area contributed by atoms with Crippen LogP contribution in [0.5, 0.6) is 5.75 Å². The average Bonchev–Trinajstić information content (AvgIpc) is 2.81. The summed E-state index contributed by atoms with van der Waals surface area (Å²) in [5.41, 5.74) is 0.655. The molecular formula is C17H25NO5S. The monoisotopic (exact) mass is 355 g/mol. The highest BCUT2D eigenvalue weighted by Gasteiger charge is 2.21. The molecule has 24 heavy (non-hydrogen) atoms. The molecule has 0 amide bonds. The number of sulfonamides is 1. The van der Waals surface area contributed by atoms with Gasteiger partial charge in [0.15, 0.2) is 6.61 Å². The molecule has 1 aromatic rings. The van der Waals surface area contributed by atoms with Crippen LogP contribution in [0.1, 0.15) is 44.1 Å². The molecule has 1 saturated carbocycles. The van der Waals surface area contributed by atoms with Crippen molar-refractivity contribution in [1.82, 2.24) is 4.72 Å². The van der Waals surface area contributed by atoms with Crippen molar-refractivity contribution in [1.29, 1.82) is 0 Å². The zero-order chi connectivity index (χ0) is 17.6. The van der Waals surface area contributed by atoms with E-state index in [2.05, 4.69) is 9.46 Å². The summed E-state index contributed by atoms with van der Waals surface area (Å²) in [6, 6.07) is 4.64. The molecule has 6 nitrogen and oxygen atoms in total. The molecule has 0 atom stereocenters. The van der Waals surface area contributed by atoms with Crippen molar-refractivity contribution in [3.05, 3.63) is 23.8 Å². The van der Waals surface area contributed by atoms with Gasteiger partial charge < -0.3 is 9.47 Å². The van der Waals surface area contributed by atoms with Gasteiger partial charge in [0.2, 0.25) is 10.0 Å². The Labute approximate surface area is 143 Å². The van der Waals surface area contributed by atoms with Crippen molar-refractivity contribution >= 4 is 16.0 Å². The summed E-state index contributed by atoms with van der Waals surface area (Å²) in [5.74, 6) is -0.0186. The third-order valence-electron chi connectivity index (χ3n) is 4.21. The van der Waals surface area contributed by atoms with E-state index in [0.717, 1.165) is 25.7 Å². The Morgan fingerprint density at radius 1 is 1.21 bits per heavy atom. The van der Waals surface area contributed by atoms with E-state index in [4.69, 9.17) is 4.74 Å². The Balaban J connectivity index is 2.07. The summed E-state index contributed by atoms with van der Waals surface area (Å²) >= 11 is 0. The van der Waals surface area contributed by atoms with Crippen LogP contribution in [-0.4, -0.2) is 34.1 Å². The third kappa shape index (κ3) is 5.21. The van der Waals surface area contributed by atoms with Gasteiger partial charge in [0.05, 0.1) is 12.0 Å². The number of carbonyl (C=O) groups excluding carboxylic acids is 1. The highest BCUT2D eigenvalue weighted by atomic mass is 32.2. The van der Waals surface area contributed by atoms with Crippen LogP contribution in [0.3, 0.4) is 0 Å². The summed E-state index contributed by atoms with van der Waals surface area (Å²) in [6.07, 6.45) is 6.24. The zero-order valence-electron chi connectivity index (χ0n) is 14.2. The number of methoxy groups -OCH3 is 1. The average molecular weight is 355 g/mol. The quantitative estimate of drug-likeness (QED) is 0.626. The van der Waals surface area contributed by atoms with E-state index >= 15 is 0 Å². The number of carbonyl (C=O) groups is 1. The molecule has 0 saturated heterocycles. The van der Waals surface area contributed by atoms with Crippen LogP contribution in [0, 0.1) is 6.92 Å². The summed E-state index contributed by atoms with van der Waals surface area (Å²) < 4.78 is 37.8. The van der Waals surface area contributed by atoms with Crippen LogP contribution in [0.2, 0.25) is 0 Å². The highest BCUT2D eigenvalue weighted by molar-refractivity contribution is 7.89. The van der Waals surface area contributed by atoms with Gasteiger partial charge in [-0.15, -0.1) is 0 Å². The fraction of sp³-hybridized carbons (Fsp3) is 0.588. The van der Waals surface area contributed by atoms with Crippen molar-refractivity contribution in [3.8, 4) is 5.75 Å². The van der Waals surface area contributed by atoms with Crippen molar-refractivity contribution in [2.45, 2.75) is 56.4 Å². The standard InChI is InChI=1S/C17H25NO5S/c1-13-11-15(9-10-16(13)23-12-17(19)22-2)24(20,21)18-14-7-5-3-4-6-8-14/h9-11,14,18H,3-8,12H2,1-2H3. The van der Waals surface area contributed by atoms with E-state index in [1.807, 2.05) is 0 Å². The molecule has 1 fully saturated rings. The molecule has 0 unspecified atom stereocenters. The topological polar surface area (TPSA) is 81.7 Å². The van der Waals surface area contributed by atoms with Gasteiger partial charge in [-0.3, -0.25) is 0 Å². The predicted octanol–water partition coefficient (Wildman–Crippen LogP) is 2.55. The molecular weight excluding hydrogens is 330 g/mol. The number of ether oxygens (including phenoxy) is 2. The Morgan fingerprint density at radius 3 is 2.46 bits per heavy atom. The van der Waals surface area contributed by atoms with Gasteiger partial charge >= 0.3 is 5.97 Å². The number of hydrogen-bond donors (Lipinski definition) is 1. The summed E-state index contributed by atoms with van der Waals surface area (Å²) in [6.45, 7) is 1.54. The molecule has 1 N–H and O–H groups in total. The molecule has 2 rings (SSSR count). The summed E-state index contributed by atoms with van der Waals surface area (Å²) in [4.78, 5) is 11.3. The molecule has 7 heteroatoms. The summed E-state index contributed by atoms with van der Waals surface area (Å²) in [5, 5.41) is 0. The van der Waals surface area contributed by atoms with E-state index in [1.165, 1.54) is 26.0 Å². The number of hydrogen-bond acceptors (Lipinski definition) is 5. The summed E-state index contributed by atoms with van der Waals surface area (Å²) in [7, 11) is -2.26. The Morgan fingerprint density at radius 2 is 1.88 bits per heavy atom. The first-order valence-corrected chi connectivity index (χ1v) is 9.73. The third-order valence-corrected chi connectivity index (χ3v) is 5.73. The van der Waals surface area contributed by atoms with E-state index < -0.39 is 16.0 Å². The Bertz CT molecular complexity index is 664. The first kappa shape index (κ1) is 18.7. The number of benzene rings is 1. The minimum absolute atomic E-state index is 0.00746. The first-order valence-electron chi connectivity index (χ1n) is 8.25. The maximum absolute atomic E-state index is 12.6. The number of esters is 1. The molecule has 0 heterocycles. The Kier molecular flexibility index (Phi) is 6.62. The fourth-order valence-electron chi connectivity index (χ4n) is 2.83. The second kappa shape index (κ2) is 8.48. The van der Waals surface area contributed by atoms with Gasteiger partial charge in [-0.25, -0.2) is 17.9 Å². The SMILES string of the molecule is COC(=O)COc1ccc(S(=O)(=O)NC2CCCCCC2)cc1C. The van der Waals surface area contributed by atoms with E-state index in [1.54, 1.807) is 19.1 Å². The van der Waals surface area contributed by atoms with Crippen LogP contribution >= 0.6 is 0 Å². The van der Waals surface area contributed by atoms with Crippen molar-refractivity contribution < 1.29 is 22.7 Å². The number of rotatable bonds is 6. The number of aryl methyl sites for hydroxylation is 1. The molecule has 1 aromatic carbocycles. The molecule has 0 bridgehead atoms. The van der Waals surface area contributed by atoms with Gasteiger partial charge in [-0.2, -0.15) is 0 Å². The number of nitrogens with one attached hydrogen (secondary N) is 1. The van der Waals surface area contributed by atoms with Gasteiger partial charge in [0, 0.05) is 6.04 Å². The van der Waals surface area contributed by atoms with Crippen LogP contribution in [0.15, 0.2) is 23.1 Å². The zero-order valence-corrected chi connectivity index (χ0v) is 15.0. The molecule has 134 valence electrons. The van der Waals surface area contributed by atoms with E-state index in [0.29, 0.717) is 11.3 Å². The fourth-order valence-corrected chi connectivity index (χ4v) is 4.22. The largest absolute Gasteiger partial charge is 0.482 e. The lowest BCUT2D eigenvalue weighted by Gasteiger charge is -2.17. The maximum atomic E-state index is 12.6. The van der Waals surface area contributed by atoms with Gasteiger partial charge in [0.25, 0.3) is 0 Å². The lowest BCUT2D eigenvalue weighted by molar-refractivity contribution is -0.142. The van der Waals surface area contributed by atoms with Crippen LogP contribution in [-0.2, 0) is 19.6 Å². The minimum atomic E-state index is -3.55. The molecule has 0 radical (unpaired) electrons. The van der Waals surface area contributed by atoms with Gasteiger partial charge in [0.1, 0.15) is 5.75 Å². The lowest BCUT2D eigenvalue weighted by Crippen LogP contribution is -2.34. The second-order valence-corrected chi connectivity index (χ2v) is 7.82. The maximum Gasteiger partial charge on any atom is 0.343 e. The van der Waals surface area contributed by atoms with Crippen molar-refractivity contribution in [3.63, 3.8) is 0 Å². The predicted molar refractivity (Wildman–Crippen MR) is 90.5 cm³/mol. The van der Waals surface area contributed by atoms with Crippen molar-refractivity contribution in [2.75, 3.05) is 13.7 Å². The lowest BCUT2D eigenvalue weighted by atomic mass is 10.1. The highest BCUT2D eigenvalue weighted by Crippen LogP contribution is 2.24. The normalized spacial score (nSPS) is 16.4. The van der Waals surface area contributed by atoms with Gasteiger partial charge in [-0.05, 0) is 43.5 Å². The molecule has 1 aliphatic carbocycles. The first-order chi connectivity index (χ1) is 11.4. The molecule has 0 aliphatic heterocycles. The van der Waals surface area contributed by atoms with Crippen LogP contribution < -0.4 is 9.46 Å². The van der Waals surface area contributed by atoms with Crippen LogP contribution in [0.25, 0.3) is 0 Å². The van der Waals surface area contributed by atoms with E-state index in [-0.39, 0.29) is 17.5 Å². The molecule has 0 aromatic heterocycles. The smallest absolute Gasteiger partial charge is 0.343 e.